The van der Waals surface area contributed by atoms with E-state index in [4.69, 9.17) is 31.6 Å². The summed E-state index contributed by atoms with van der Waals surface area (Å²) in [4.78, 5) is 19.3. The first-order chi connectivity index (χ1) is 16.8. The second kappa shape index (κ2) is 12.4. The van der Waals surface area contributed by atoms with Crippen LogP contribution < -0.4 is 10.1 Å². The number of carboxylic acid groups (broad SMARTS) is 2. The second-order valence-electron chi connectivity index (χ2n) is 8.29. The van der Waals surface area contributed by atoms with Gasteiger partial charge < -0.3 is 20.3 Å². The fraction of sp³-hybridized carbons (Fsp3) is 0.346. The van der Waals surface area contributed by atoms with E-state index in [2.05, 4.69) is 36.5 Å². The highest BCUT2D eigenvalue weighted by Gasteiger charge is 2.19. The van der Waals surface area contributed by atoms with Gasteiger partial charge in [-0.15, -0.1) is 0 Å². The van der Waals surface area contributed by atoms with Crippen LogP contribution in [0.3, 0.4) is 0 Å². The van der Waals surface area contributed by atoms with Crippen LogP contribution in [-0.2, 0) is 28.9 Å². The molecular weight excluding hydrogens is 470 g/mol. The van der Waals surface area contributed by atoms with Gasteiger partial charge in [-0.25, -0.2) is 4.68 Å². The Morgan fingerprint density at radius 1 is 1.09 bits per heavy atom. The molecule has 4 rings (SSSR count). The van der Waals surface area contributed by atoms with Crippen molar-refractivity contribution in [3.63, 3.8) is 0 Å². The van der Waals surface area contributed by atoms with Crippen LogP contribution in [0.25, 0.3) is 5.69 Å². The molecule has 35 heavy (non-hydrogen) atoms. The monoisotopic (exact) mass is 499 g/mol. The number of nitrogens with one attached hydrogen (secondary N) is 1. The van der Waals surface area contributed by atoms with E-state index in [-0.39, 0.29) is 12.8 Å². The molecule has 3 aromatic rings. The third kappa shape index (κ3) is 7.31. The molecule has 8 nitrogen and oxygen atoms in total. The van der Waals surface area contributed by atoms with Crippen LogP contribution in [0.1, 0.15) is 40.9 Å². The number of aliphatic carboxylic acids is 2. The molecule has 0 bridgehead atoms. The molecule has 186 valence electrons. The Morgan fingerprint density at radius 2 is 1.80 bits per heavy atom. The van der Waals surface area contributed by atoms with Crippen molar-refractivity contribution in [3.05, 3.63) is 75.6 Å². The number of methoxy groups -OCH3 is 1. The molecule has 0 amide bonds. The van der Waals surface area contributed by atoms with Gasteiger partial charge in [-0.3, -0.25) is 9.59 Å². The van der Waals surface area contributed by atoms with Gasteiger partial charge in [0.2, 0.25) is 0 Å². The van der Waals surface area contributed by atoms with Gasteiger partial charge in [0.1, 0.15) is 5.75 Å². The maximum Gasteiger partial charge on any atom is 0.303 e. The standard InChI is InChI=1S/C22H24ClN3O.C4H6O4/c1-15-12-18(13-16-4-3-5-19(14-16)27-2)25-26(15)22-20-9-11-24-10-8-17(20)6-7-21(22)23;5-3(6)1-2-4(7)8/h3-7,12,14,24H,8-11,13H2,1-2H3;1-2H2,(H,5,6)(H,7,8). The molecule has 0 saturated heterocycles. The summed E-state index contributed by atoms with van der Waals surface area (Å²) in [6, 6.07) is 14.4. The lowest BCUT2D eigenvalue weighted by molar-refractivity contribution is -0.143. The van der Waals surface area contributed by atoms with Crippen molar-refractivity contribution in [3.8, 4) is 11.4 Å². The van der Waals surface area contributed by atoms with Crippen LogP contribution in [0.5, 0.6) is 5.75 Å². The Hall–Kier alpha value is -3.36. The minimum atomic E-state index is -1.08. The van der Waals surface area contributed by atoms with Crippen molar-refractivity contribution in [2.45, 2.75) is 39.0 Å². The Bertz CT molecular complexity index is 1180. The number of carbonyl (C=O) groups is 2. The Kier molecular flexibility index (Phi) is 9.28. The fourth-order valence-corrected chi connectivity index (χ4v) is 4.27. The van der Waals surface area contributed by atoms with Gasteiger partial charge in [0.25, 0.3) is 0 Å². The molecule has 0 fully saturated rings. The molecule has 2 heterocycles. The highest BCUT2D eigenvalue weighted by Crippen LogP contribution is 2.30. The van der Waals surface area contributed by atoms with Crippen molar-refractivity contribution in [2.75, 3.05) is 20.2 Å². The number of halogens is 1. The van der Waals surface area contributed by atoms with Crippen LogP contribution in [0.4, 0.5) is 0 Å². The number of carboxylic acids is 2. The zero-order valence-corrected chi connectivity index (χ0v) is 20.6. The lowest BCUT2D eigenvalue weighted by Gasteiger charge is -2.15. The molecule has 1 aliphatic rings. The van der Waals surface area contributed by atoms with Crippen molar-refractivity contribution >= 4 is 23.5 Å². The molecule has 1 aromatic heterocycles. The molecular formula is C26H30ClN3O5. The summed E-state index contributed by atoms with van der Waals surface area (Å²) < 4.78 is 7.35. The Balaban J connectivity index is 0.000000371. The fourth-order valence-electron chi connectivity index (χ4n) is 4.01. The summed E-state index contributed by atoms with van der Waals surface area (Å²) in [6.07, 6.45) is 2.16. The topological polar surface area (TPSA) is 114 Å². The highest BCUT2D eigenvalue weighted by molar-refractivity contribution is 6.32. The molecule has 0 spiro atoms. The first-order valence-electron chi connectivity index (χ1n) is 11.4. The van der Waals surface area contributed by atoms with Gasteiger partial charge in [0.15, 0.2) is 0 Å². The summed E-state index contributed by atoms with van der Waals surface area (Å²) in [6.45, 7) is 4.07. The van der Waals surface area contributed by atoms with E-state index >= 15 is 0 Å². The lowest BCUT2D eigenvalue weighted by atomic mass is 10.0. The van der Waals surface area contributed by atoms with E-state index in [0.29, 0.717) is 0 Å². The zero-order valence-electron chi connectivity index (χ0n) is 19.9. The zero-order chi connectivity index (χ0) is 25.4. The number of nitrogens with zero attached hydrogens (tertiary/aromatic N) is 2. The van der Waals surface area contributed by atoms with Crippen LogP contribution in [0, 0.1) is 6.92 Å². The Morgan fingerprint density at radius 3 is 2.49 bits per heavy atom. The average molecular weight is 500 g/mol. The predicted octanol–water partition coefficient (Wildman–Crippen LogP) is 4.06. The third-order valence-electron chi connectivity index (χ3n) is 5.68. The number of ether oxygens (including phenoxy) is 1. The van der Waals surface area contributed by atoms with E-state index in [0.717, 1.165) is 60.2 Å². The number of hydrogen-bond donors (Lipinski definition) is 3. The number of aromatic nitrogens is 2. The van der Waals surface area contributed by atoms with Crippen LogP contribution in [0.2, 0.25) is 5.02 Å². The minimum Gasteiger partial charge on any atom is -0.497 e. The molecule has 0 atom stereocenters. The molecule has 0 radical (unpaired) electrons. The summed E-state index contributed by atoms with van der Waals surface area (Å²) in [7, 11) is 1.69. The molecule has 0 aliphatic carbocycles. The third-order valence-corrected chi connectivity index (χ3v) is 5.98. The summed E-state index contributed by atoms with van der Waals surface area (Å²) in [5.74, 6) is -1.28. The number of aryl methyl sites for hydroxylation is 1. The van der Waals surface area contributed by atoms with Crippen molar-refractivity contribution in [1.82, 2.24) is 15.1 Å². The molecule has 3 N–H and O–H groups in total. The van der Waals surface area contributed by atoms with Gasteiger partial charge in [-0.05, 0) is 73.8 Å². The van der Waals surface area contributed by atoms with E-state index < -0.39 is 11.9 Å². The van der Waals surface area contributed by atoms with Crippen molar-refractivity contribution in [1.29, 1.82) is 0 Å². The number of fused-ring (bicyclic) bond motifs is 1. The number of hydrogen-bond acceptors (Lipinski definition) is 5. The number of rotatable bonds is 7. The van der Waals surface area contributed by atoms with Crippen LogP contribution in [0.15, 0.2) is 42.5 Å². The van der Waals surface area contributed by atoms with E-state index in [1.54, 1.807) is 7.11 Å². The minimum absolute atomic E-state index is 0.296. The lowest BCUT2D eigenvalue weighted by Crippen LogP contribution is -2.16. The summed E-state index contributed by atoms with van der Waals surface area (Å²) in [5, 5.41) is 24.9. The highest BCUT2D eigenvalue weighted by atomic mass is 35.5. The largest absolute Gasteiger partial charge is 0.497 e. The predicted molar refractivity (Wildman–Crippen MR) is 134 cm³/mol. The SMILES string of the molecule is COc1cccc(Cc2cc(C)n(-c3c(Cl)ccc4c3CCNCC4)n2)c1.O=C(O)CCC(=O)O. The van der Waals surface area contributed by atoms with Crippen molar-refractivity contribution in [2.24, 2.45) is 0 Å². The quantitative estimate of drug-likeness (QED) is 0.449. The van der Waals surface area contributed by atoms with Gasteiger partial charge in [0.05, 0.1) is 36.4 Å². The van der Waals surface area contributed by atoms with Gasteiger partial charge >= 0.3 is 11.9 Å². The maximum absolute atomic E-state index is 9.64. The molecule has 0 saturated carbocycles. The average Bonchev–Trinajstić information content (AvgIpc) is 3.02. The molecule has 2 aromatic carbocycles. The summed E-state index contributed by atoms with van der Waals surface area (Å²) >= 11 is 6.63. The first kappa shape index (κ1) is 26.2. The van der Waals surface area contributed by atoms with E-state index in [9.17, 15) is 9.59 Å². The molecule has 1 aliphatic heterocycles. The maximum atomic E-state index is 9.64. The van der Waals surface area contributed by atoms with E-state index in [1.807, 2.05) is 22.9 Å². The van der Waals surface area contributed by atoms with Gasteiger partial charge in [0, 0.05) is 12.1 Å². The van der Waals surface area contributed by atoms with Gasteiger partial charge in [-0.1, -0.05) is 29.8 Å². The Labute approximate surface area is 209 Å². The van der Waals surface area contributed by atoms with Gasteiger partial charge in [-0.2, -0.15) is 5.10 Å². The normalized spacial score (nSPS) is 12.7. The smallest absolute Gasteiger partial charge is 0.303 e. The number of benzene rings is 2. The summed E-state index contributed by atoms with van der Waals surface area (Å²) in [5.41, 5.74) is 7.02. The van der Waals surface area contributed by atoms with E-state index in [1.165, 1.54) is 16.7 Å². The first-order valence-corrected chi connectivity index (χ1v) is 11.8. The van der Waals surface area contributed by atoms with Crippen LogP contribution in [-0.4, -0.2) is 52.1 Å². The van der Waals surface area contributed by atoms with Crippen molar-refractivity contribution < 1.29 is 24.5 Å². The molecule has 0 unspecified atom stereocenters. The second-order valence-corrected chi connectivity index (χ2v) is 8.70. The van der Waals surface area contributed by atoms with Crippen LogP contribution >= 0.6 is 11.6 Å². The molecule has 9 heteroatoms.